The van der Waals surface area contributed by atoms with Gasteiger partial charge in [-0.1, -0.05) is 19.1 Å². The first-order chi connectivity index (χ1) is 13.9. The number of morpholine rings is 1. The van der Waals surface area contributed by atoms with Crippen molar-refractivity contribution < 1.29 is 13.9 Å². The molecule has 0 saturated carbocycles. The average molecular weight is 418 g/mol. The van der Waals surface area contributed by atoms with Gasteiger partial charge in [0.1, 0.15) is 16.7 Å². The normalized spacial score (nSPS) is 19.3. The highest BCUT2D eigenvalue weighted by atomic mass is 32.2. The topological polar surface area (TPSA) is 54.5 Å². The molecule has 1 N–H and O–H groups in total. The minimum atomic E-state index is -0.310. The van der Waals surface area contributed by atoms with Gasteiger partial charge >= 0.3 is 0 Å². The molecular weight excluding hydrogens is 389 g/mol. The van der Waals surface area contributed by atoms with E-state index in [1.807, 2.05) is 19.9 Å². The summed E-state index contributed by atoms with van der Waals surface area (Å²) in [4.78, 5) is 20.0. The number of benzene rings is 1. The van der Waals surface area contributed by atoms with Crippen LogP contribution >= 0.6 is 11.8 Å². The standard InChI is InChI=1S/C22H28FN3O2S/c1-5-29-22-20(21(27)24-11-17-7-6-8-18(23)10-17)14(2)9-19(25-22)26-12-15(3)28-16(4)13-26/h6-10,15-16H,5,11-13H2,1-4H3,(H,24,27). The van der Waals surface area contributed by atoms with E-state index < -0.39 is 0 Å². The molecule has 2 atom stereocenters. The summed E-state index contributed by atoms with van der Waals surface area (Å²) in [6, 6.07) is 8.22. The number of pyridine rings is 1. The molecule has 0 spiro atoms. The zero-order chi connectivity index (χ0) is 21.0. The molecule has 0 aliphatic carbocycles. The fourth-order valence-corrected chi connectivity index (χ4v) is 4.42. The molecule has 0 radical (unpaired) electrons. The second kappa shape index (κ2) is 9.59. The van der Waals surface area contributed by atoms with Crippen LogP contribution in [-0.4, -0.2) is 41.9 Å². The molecule has 29 heavy (non-hydrogen) atoms. The first-order valence-corrected chi connectivity index (χ1v) is 10.9. The molecule has 156 valence electrons. The van der Waals surface area contributed by atoms with E-state index in [-0.39, 0.29) is 30.5 Å². The van der Waals surface area contributed by atoms with E-state index in [9.17, 15) is 9.18 Å². The zero-order valence-electron chi connectivity index (χ0n) is 17.4. The van der Waals surface area contributed by atoms with Gasteiger partial charge in [0, 0.05) is 19.6 Å². The second-order valence-electron chi connectivity index (χ2n) is 7.39. The van der Waals surface area contributed by atoms with Crippen LogP contribution in [0.15, 0.2) is 35.4 Å². The van der Waals surface area contributed by atoms with Crippen molar-refractivity contribution in [3.63, 3.8) is 0 Å². The Labute approximate surface area is 176 Å². The van der Waals surface area contributed by atoms with Crippen LogP contribution in [0.2, 0.25) is 0 Å². The summed E-state index contributed by atoms with van der Waals surface area (Å²) < 4.78 is 19.2. The van der Waals surface area contributed by atoms with Crippen molar-refractivity contribution in [3.05, 3.63) is 52.8 Å². The lowest BCUT2D eigenvalue weighted by atomic mass is 10.1. The number of hydrogen-bond donors (Lipinski definition) is 1. The maximum absolute atomic E-state index is 13.4. The molecule has 0 bridgehead atoms. The van der Waals surface area contributed by atoms with Crippen LogP contribution in [0.1, 0.15) is 42.3 Å². The molecule has 1 amide bonds. The number of aryl methyl sites for hydroxylation is 1. The van der Waals surface area contributed by atoms with Crippen LogP contribution in [0.25, 0.3) is 0 Å². The van der Waals surface area contributed by atoms with Gasteiger partial charge in [0.15, 0.2) is 0 Å². The summed E-state index contributed by atoms with van der Waals surface area (Å²) in [7, 11) is 0. The number of nitrogens with one attached hydrogen (secondary N) is 1. The van der Waals surface area contributed by atoms with Crippen molar-refractivity contribution in [1.82, 2.24) is 10.3 Å². The van der Waals surface area contributed by atoms with Gasteiger partial charge in [-0.3, -0.25) is 4.79 Å². The van der Waals surface area contributed by atoms with E-state index in [0.29, 0.717) is 5.56 Å². The molecule has 1 aliphatic rings. The van der Waals surface area contributed by atoms with Crippen LogP contribution in [0.4, 0.5) is 10.2 Å². The molecule has 2 unspecified atom stereocenters. The minimum Gasteiger partial charge on any atom is -0.372 e. The van der Waals surface area contributed by atoms with Crippen LogP contribution in [0, 0.1) is 12.7 Å². The fraction of sp³-hybridized carbons (Fsp3) is 0.455. The molecule has 2 aromatic rings. The average Bonchev–Trinajstić information content (AvgIpc) is 2.65. The number of carbonyl (C=O) groups is 1. The maximum Gasteiger partial charge on any atom is 0.254 e. The van der Waals surface area contributed by atoms with Crippen molar-refractivity contribution in [2.45, 2.75) is 51.5 Å². The number of amides is 1. The molecule has 1 aromatic heterocycles. The molecule has 1 aliphatic heterocycles. The van der Waals surface area contributed by atoms with Crippen molar-refractivity contribution in [1.29, 1.82) is 0 Å². The predicted molar refractivity (Wildman–Crippen MR) is 115 cm³/mol. The molecule has 1 aromatic carbocycles. The van der Waals surface area contributed by atoms with E-state index >= 15 is 0 Å². The summed E-state index contributed by atoms with van der Waals surface area (Å²) in [6.07, 6.45) is 0.273. The van der Waals surface area contributed by atoms with E-state index in [4.69, 9.17) is 9.72 Å². The predicted octanol–water partition coefficient (Wildman–Crippen LogP) is 4.18. The van der Waals surface area contributed by atoms with Gasteiger partial charge in [0.2, 0.25) is 0 Å². The SMILES string of the molecule is CCSc1nc(N2CC(C)OC(C)C2)cc(C)c1C(=O)NCc1cccc(F)c1. The quantitative estimate of drug-likeness (QED) is 0.715. The molecule has 3 rings (SSSR count). The number of halogens is 1. The number of nitrogens with zero attached hydrogens (tertiary/aromatic N) is 2. The minimum absolute atomic E-state index is 0.136. The van der Waals surface area contributed by atoms with E-state index in [1.165, 1.54) is 12.1 Å². The second-order valence-corrected chi connectivity index (χ2v) is 8.64. The summed E-state index contributed by atoms with van der Waals surface area (Å²) in [6.45, 7) is 9.93. The fourth-order valence-electron chi connectivity index (χ4n) is 3.59. The highest BCUT2D eigenvalue weighted by Crippen LogP contribution is 2.29. The molecule has 5 nitrogen and oxygen atoms in total. The van der Waals surface area contributed by atoms with Gasteiger partial charge in [-0.25, -0.2) is 9.37 Å². The first-order valence-electron chi connectivity index (χ1n) is 9.94. The Kier molecular flexibility index (Phi) is 7.14. The van der Waals surface area contributed by atoms with Gasteiger partial charge < -0.3 is 15.0 Å². The van der Waals surface area contributed by atoms with Crippen molar-refractivity contribution in [2.75, 3.05) is 23.7 Å². The Morgan fingerprint density at radius 1 is 1.31 bits per heavy atom. The lowest BCUT2D eigenvalue weighted by molar-refractivity contribution is -0.00549. The van der Waals surface area contributed by atoms with E-state index in [1.54, 1.807) is 23.9 Å². The number of rotatable bonds is 6. The third-order valence-corrected chi connectivity index (χ3v) is 5.62. The number of carbonyl (C=O) groups excluding carboxylic acids is 1. The van der Waals surface area contributed by atoms with Crippen molar-refractivity contribution in [2.24, 2.45) is 0 Å². The molecule has 1 fully saturated rings. The third kappa shape index (κ3) is 5.48. The molecule has 7 heteroatoms. The summed E-state index contributed by atoms with van der Waals surface area (Å²) in [5, 5.41) is 3.63. The summed E-state index contributed by atoms with van der Waals surface area (Å²) in [5.74, 6) is 1.19. The molecule has 1 saturated heterocycles. The molecule has 2 heterocycles. The Morgan fingerprint density at radius 3 is 2.69 bits per heavy atom. The number of ether oxygens (including phenoxy) is 1. The highest BCUT2D eigenvalue weighted by Gasteiger charge is 2.25. The monoisotopic (exact) mass is 417 g/mol. The lowest BCUT2D eigenvalue weighted by Crippen LogP contribution is -2.46. The summed E-state index contributed by atoms with van der Waals surface area (Å²) in [5.41, 5.74) is 2.20. The van der Waals surface area contributed by atoms with Crippen LogP contribution in [0.5, 0.6) is 0 Å². The Bertz CT molecular complexity index is 867. The molecular formula is C22H28FN3O2S. The number of thioether (sulfide) groups is 1. The first kappa shape index (κ1) is 21.6. The largest absolute Gasteiger partial charge is 0.372 e. The Morgan fingerprint density at radius 2 is 2.03 bits per heavy atom. The van der Waals surface area contributed by atoms with Gasteiger partial charge in [-0.2, -0.15) is 0 Å². The number of aromatic nitrogens is 1. The lowest BCUT2D eigenvalue weighted by Gasteiger charge is -2.36. The Hall–Kier alpha value is -2.12. The zero-order valence-corrected chi connectivity index (χ0v) is 18.2. The third-order valence-electron chi connectivity index (χ3n) is 4.76. The smallest absolute Gasteiger partial charge is 0.254 e. The van der Waals surface area contributed by atoms with Gasteiger partial charge in [0.25, 0.3) is 5.91 Å². The Balaban J connectivity index is 1.83. The van der Waals surface area contributed by atoms with Crippen LogP contribution < -0.4 is 10.2 Å². The number of anilines is 1. The van der Waals surface area contributed by atoms with Gasteiger partial charge in [0.05, 0.1) is 17.8 Å². The van der Waals surface area contributed by atoms with Crippen LogP contribution in [-0.2, 0) is 11.3 Å². The van der Waals surface area contributed by atoms with Crippen LogP contribution in [0.3, 0.4) is 0 Å². The highest BCUT2D eigenvalue weighted by molar-refractivity contribution is 7.99. The van der Waals surface area contributed by atoms with E-state index in [0.717, 1.165) is 40.8 Å². The summed E-state index contributed by atoms with van der Waals surface area (Å²) >= 11 is 1.56. The van der Waals surface area contributed by atoms with Crippen molar-refractivity contribution in [3.8, 4) is 0 Å². The van der Waals surface area contributed by atoms with E-state index in [2.05, 4.69) is 24.1 Å². The van der Waals surface area contributed by atoms with Gasteiger partial charge in [-0.15, -0.1) is 11.8 Å². The number of hydrogen-bond acceptors (Lipinski definition) is 5. The van der Waals surface area contributed by atoms with Gasteiger partial charge in [-0.05, 0) is 55.9 Å². The maximum atomic E-state index is 13.4. The van der Waals surface area contributed by atoms with Crippen molar-refractivity contribution >= 4 is 23.5 Å².